The summed E-state index contributed by atoms with van der Waals surface area (Å²) in [6.45, 7) is 5.72. The van der Waals surface area contributed by atoms with Gasteiger partial charge in [-0.15, -0.1) is 11.3 Å². The van der Waals surface area contributed by atoms with Crippen LogP contribution in [-0.4, -0.2) is 33.9 Å². The molecule has 4 nitrogen and oxygen atoms in total. The summed E-state index contributed by atoms with van der Waals surface area (Å²) in [6, 6.07) is 4.22. The first-order valence-electron chi connectivity index (χ1n) is 8.20. The Bertz CT molecular complexity index is 665. The van der Waals surface area contributed by atoms with Crippen LogP contribution in [0, 0.1) is 19.8 Å². The molecule has 0 aliphatic carbocycles. The molecule has 3 rings (SSSR count). The minimum atomic E-state index is 0.210. The van der Waals surface area contributed by atoms with Gasteiger partial charge < -0.3 is 4.90 Å². The van der Waals surface area contributed by atoms with Gasteiger partial charge in [-0.3, -0.25) is 9.78 Å². The second-order valence-electron chi connectivity index (χ2n) is 6.39. The fourth-order valence-electron chi connectivity index (χ4n) is 3.17. The molecule has 1 amide bonds. The maximum absolute atomic E-state index is 12.5. The van der Waals surface area contributed by atoms with Crippen LogP contribution in [0.2, 0.25) is 0 Å². The van der Waals surface area contributed by atoms with E-state index in [1.165, 1.54) is 12.0 Å². The summed E-state index contributed by atoms with van der Waals surface area (Å²) < 4.78 is 0. The Hall–Kier alpha value is -1.75. The SMILES string of the molecule is Cc1ccc(C[C@@H]2CCCN(C(=O)Cc3csc(C)n3)C2)cn1. The monoisotopic (exact) mass is 329 g/mol. The predicted octanol–water partition coefficient (Wildman–Crippen LogP) is 3.18. The summed E-state index contributed by atoms with van der Waals surface area (Å²) in [5, 5.41) is 3.02. The number of nitrogens with zero attached hydrogens (tertiary/aromatic N) is 3. The van der Waals surface area contributed by atoms with E-state index in [-0.39, 0.29) is 5.91 Å². The van der Waals surface area contributed by atoms with Gasteiger partial charge >= 0.3 is 0 Å². The van der Waals surface area contributed by atoms with Crippen LogP contribution in [0.15, 0.2) is 23.7 Å². The van der Waals surface area contributed by atoms with Crippen molar-refractivity contribution in [3.63, 3.8) is 0 Å². The fraction of sp³-hybridized carbons (Fsp3) is 0.500. The average Bonchev–Trinajstić information content (AvgIpc) is 2.95. The molecule has 0 saturated carbocycles. The van der Waals surface area contributed by atoms with Crippen LogP contribution in [0.3, 0.4) is 0 Å². The lowest BCUT2D eigenvalue weighted by Crippen LogP contribution is -2.41. The van der Waals surface area contributed by atoms with E-state index in [1.54, 1.807) is 11.3 Å². The van der Waals surface area contributed by atoms with Crippen molar-refractivity contribution in [3.8, 4) is 0 Å². The van der Waals surface area contributed by atoms with Crippen LogP contribution in [0.1, 0.15) is 34.8 Å². The Morgan fingerprint density at radius 2 is 2.26 bits per heavy atom. The Kier molecular flexibility index (Phi) is 5.06. The summed E-state index contributed by atoms with van der Waals surface area (Å²) in [7, 11) is 0. The second kappa shape index (κ2) is 7.21. The number of piperidine rings is 1. The quantitative estimate of drug-likeness (QED) is 0.865. The zero-order chi connectivity index (χ0) is 16.2. The summed E-state index contributed by atoms with van der Waals surface area (Å²) in [5.74, 6) is 0.747. The van der Waals surface area contributed by atoms with Crippen LogP contribution >= 0.6 is 11.3 Å². The molecule has 122 valence electrons. The molecular formula is C18H23N3OS. The van der Waals surface area contributed by atoms with Crippen molar-refractivity contribution < 1.29 is 4.79 Å². The molecule has 1 atom stereocenters. The number of hydrogen-bond acceptors (Lipinski definition) is 4. The number of thiazole rings is 1. The Morgan fingerprint density at radius 3 is 2.96 bits per heavy atom. The number of rotatable bonds is 4. The fourth-order valence-corrected chi connectivity index (χ4v) is 3.78. The number of amides is 1. The van der Waals surface area contributed by atoms with Gasteiger partial charge in [-0.2, -0.15) is 0 Å². The zero-order valence-corrected chi connectivity index (χ0v) is 14.6. The number of carbonyl (C=O) groups excluding carboxylic acids is 1. The van der Waals surface area contributed by atoms with Gasteiger partial charge in [-0.1, -0.05) is 6.07 Å². The lowest BCUT2D eigenvalue weighted by Gasteiger charge is -2.33. The van der Waals surface area contributed by atoms with E-state index < -0.39 is 0 Å². The van der Waals surface area contributed by atoms with Crippen LogP contribution in [0.4, 0.5) is 0 Å². The number of likely N-dealkylation sites (tertiary alicyclic amines) is 1. The lowest BCUT2D eigenvalue weighted by atomic mass is 9.91. The summed E-state index contributed by atoms with van der Waals surface area (Å²) in [4.78, 5) is 23.3. The molecule has 0 unspecified atom stereocenters. The molecule has 0 N–H and O–H groups in total. The molecule has 3 heterocycles. The second-order valence-corrected chi connectivity index (χ2v) is 7.46. The molecule has 1 saturated heterocycles. The molecule has 1 aliphatic heterocycles. The van der Waals surface area contributed by atoms with Crippen LogP contribution < -0.4 is 0 Å². The minimum absolute atomic E-state index is 0.210. The zero-order valence-electron chi connectivity index (χ0n) is 13.8. The summed E-state index contributed by atoms with van der Waals surface area (Å²) >= 11 is 1.61. The number of hydrogen-bond donors (Lipinski definition) is 0. The predicted molar refractivity (Wildman–Crippen MR) is 92.5 cm³/mol. The number of pyridine rings is 1. The van der Waals surface area contributed by atoms with Gasteiger partial charge in [-0.25, -0.2) is 4.98 Å². The average molecular weight is 329 g/mol. The molecule has 1 fully saturated rings. The van der Waals surface area contributed by atoms with Crippen LogP contribution in [-0.2, 0) is 17.6 Å². The van der Waals surface area contributed by atoms with Crippen molar-refractivity contribution in [3.05, 3.63) is 45.7 Å². The third-order valence-corrected chi connectivity index (χ3v) is 5.19. The van der Waals surface area contributed by atoms with E-state index >= 15 is 0 Å². The normalized spacial score (nSPS) is 18.2. The van der Waals surface area contributed by atoms with Gasteiger partial charge in [0.1, 0.15) is 0 Å². The van der Waals surface area contributed by atoms with Gasteiger partial charge in [-0.05, 0) is 50.7 Å². The topological polar surface area (TPSA) is 46.1 Å². The van der Waals surface area contributed by atoms with E-state index in [0.717, 1.165) is 42.3 Å². The lowest BCUT2D eigenvalue weighted by molar-refractivity contribution is -0.132. The molecule has 0 spiro atoms. The van der Waals surface area contributed by atoms with Crippen LogP contribution in [0.25, 0.3) is 0 Å². The Labute approximate surface area is 141 Å². The third-order valence-electron chi connectivity index (χ3n) is 4.37. The molecule has 5 heteroatoms. The summed E-state index contributed by atoms with van der Waals surface area (Å²) in [5.41, 5.74) is 3.22. The number of aromatic nitrogens is 2. The van der Waals surface area contributed by atoms with Crippen LogP contribution in [0.5, 0.6) is 0 Å². The Balaban J connectivity index is 1.57. The molecule has 0 radical (unpaired) electrons. The van der Waals surface area contributed by atoms with Crippen molar-refractivity contribution in [2.45, 2.75) is 39.5 Å². The van der Waals surface area contributed by atoms with Gasteiger partial charge in [0.05, 0.1) is 17.1 Å². The number of carbonyl (C=O) groups is 1. The summed E-state index contributed by atoms with van der Waals surface area (Å²) in [6.07, 6.45) is 5.68. The third kappa shape index (κ3) is 4.38. The molecule has 2 aromatic heterocycles. The van der Waals surface area contributed by atoms with E-state index in [2.05, 4.69) is 22.1 Å². The maximum atomic E-state index is 12.5. The Morgan fingerprint density at radius 1 is 1.39 bits per heavy atom. The first kappa shape index (κ1) is 16.1. The smallest absolute Gasteiger partial charge is 0.228 e. The first-order valence-corrected chi connectivity index (χ1v) is 9.08. The molecule has 2 aromatic rings. The van der Waals surface area contributed by atoms with E-state index in [1.807, 2.05) is 30.3 Å². The van der Waals surface area contributed by atoms with Gasteiger partial charge in [0.15, 0.2) is 0 Å². The van der Waals surface area contributed by atoms with E-state index in [0.29, 0.717) is 12.3 Å². The highest BCUT2D eigenvalue weighted by Gasteiger charge is 2.24. The van der Waals surface area contributed by atoms with Gasteiger partial charge in [0.25, 0.3) is 0 Å². The largest absolute Gasteiger partial charge is 0.342 e. The minimum Gasteiger partial charge on any atom is -0.342 e. The highest BCUT2D eigenvalue weighted by molar-refractivity contribution is 7.09. The molecule has 0 bridgehead atoms. The van der Waals surface area contributed by atoms with E-state index in [4.69, 9.17) is 0 Å². The van der Waals surface area contributed by atoms with Crippen molar-refractivity contribution >= 4 is 17.2 Å². The van der Waals surface area contributed by atoms with Gasteiger partial charge in [0.2, 0.25) is 5.91 Å². The van der Waals surface area contributed by atoms with Crippen molar-refractivity contribution in [2.75, 3.05) is 13.1 Å². The van der Waals surface area contributed by atoms with Crippen molar-refractivity contribution in [1.29, 1.82) is 0 Å². The standard InChI is InChI=1S/C18H23N3OS/c1-13-5-6-15(10-19-13)8-16-4-3-7-21(11-16)18(22)9-17-12-23-14(2)20-17/h5-6,10,12,16H,3-4,7-9,11H2,1-2H3/t16-/m0/s1. The van der Waals surface area contributed by atoms with Crippen molar-refractivity contribution in [2.24, 2.45) is 5.92 Å². The van der Waals surface area contributed by atoms with Gasteiger partial charge in [0, 0.05) is 30.4 Å². The first-order chi connectivity index (χ1) is 11.1. The highest BCUT2D eigenvalue weighted by Crippen LogP contribution is 2.21. The maximum Gasteiger partial charge on any atom is 0.228 e. The molecule has 0 aromatic carbocycles. The molecular weight excluding hydrogens is 306 g/mol. The molecule has 23 heavy (non-hydrogen) atoms. The number of aryl methyl sites for hydroxylation is 2. The van der Waals surface area contributed by atoms with Crippen molar-refractivity contribution in [1.82, 2.24) is 14.9 Å². The molecule has 1 aliphatic rings. The highest BCUT2D eigenvalue weighted by atomic mass is 32.1. The van der Waals surface area contributed by atoms with E-state index in [9.17, 15) is 4.79 Å².